The SMILES string of the molecule is COc1ccc(C(=O)C(O)C[N+](C)(C)C)c(OC)c1. The molecule has 0 fully saturated rings. The van der Waals surface area contributed by atoms with Crippen LogP contribution in [0, 0.1) is 0 Å². The predicted octanol–water partition coefficient (Wildman–Crippen LogP) is 0.954. The fourth-order valence-electron chi connectivity index (χ4n) is 1.78. The van der Waals surface area contributed by atoms with E-state index in [4.69, 9.17) is 9.47 Å². The van der Waals surface area contributed by atoms with Crippen LogP contribution in [0.2, 0.25) is 0 Å². The summed E-state index contributed by atoms with van der Waals surface area (Å²) in [4.78, 5) is 12.2. The Morgan fingerprint density at radius 1 is 1.26 bits per heavy atom. The van der Waals surface area contributed by atoms with Gasteiger partial charge >= 0.3 is 0 Å². The van der Waals surface area contributed by atoms with Gasteiger partial charge in [-0.2, -0.15) is 0 Å². The molecule has 0 aliphatic rings. The van der Waals surface area contributed by atoms with Gasteiger partial charge in [0.1, 0.15) is 18.0 Å². The fourth-order valence-corrected chi connectivity index (χ4v) is 1.78. The van der Waals surface area contributed by atoms with Crippen molar-refractivity contribution in [2.45, 2.75) is 6.10 Å². The minimum Gasteiger partial charge on any atom is -0.497 e. The van der Waals surface area contributed by atoms with E-state index < -0.39 is 6.10 Å². The topological polar surface area (TPSA) is 55.8 Å². The van der Waals surface area contributed by atoms with Crippen LogP contribution in [0.4, 0.5) is 0 Å². The average molecular weight is 268 g/mol. The van der Waals surface area contributed by atoms with E-state index in [0.717, 1.165) is 0 Å². The van der Waals surface area contributed by atoms with Crippen LogP contribution in [0.1, 0.15) is 10.4 Å². The van der Waals surface area contributed by atoms with E-state index in [1.165, 1.54) is 7.11 Å². The Balaban J connectivity index is 2.99. The molecule has 0 spiro atoms. The van der Waals surface area contributed by atoms with E-state index in [0.29, 0.717) is 28.1 Å². The summed E-state index contributed by atoms with van der Waals surface area (Å²) < 4.78 is 10.8. The highest BCUT2D eigenvalue weighted by Gasteiger charge is 2.26. The molecular formula is C14H22NO4+. The summed E-state index contributed by atoms with van der Waals surface area (Å²) in [7, 11) is 8.78. The number of aliphatic hydroxyl groups excluding tert-OH is 1. The molecule has 5 nitrogen and oxygen atoms in total. The Bertz CT molecular complexity index is 451. The molecule has 1 N–H and O–H groups in total. The Hall–Kier alpha value is -1.59. The Morgan fingerprint density at radius 3 is 2.37 bits per heavy atom. The van der Waals surface area contributed by atoms with Crippen molar-refractivity contribution < 1.29 is 23.9 Å². The van der Waals surface area contributed by atoms with Crippen LogP contribution in [-0.4, -0.2) is 63.4 Å². The van der Waals surface area contributed by atoms with E-state index in [1.54, 1.807) is 25.3 Å². The van der Waals surface area contributed by atoms with Crippen LogP contribution in [0.25, 0.3) is 0 Å². The Labute approximate surface area is 114 Å². The number of hydrogen-bond acceptors (Lipinski definition) is 4. The van der Waals surface area contributed by atoms with Crippen LogP contribution < -0.4 is 9.47 Å². The zero-order chi connectivity index (χ0) is 14.6. The lowest BCUT2D eigenvalue weighted by molar-refractivity contribution is -0.872. The fraction of sp³-hybridized carbons (Fsp3) is 0.500. The van der Waals surface area contributed by atoms with E-state index in [2.05, 4.69) is 0 Å². The summed E-state index contributed by atoms with van der Waals surface area (Å²) in [5, 5.41) is 10.0. The minimum absolute atomic E-state index is 0.340. The van der Waals surface area contributed by atoms with Gasteiger partial charge in [0.25, 0.3) is 0 Å². The van der Waals surface area contributed by atoms with Gasteiger partial charge in [-0.25, -0.2) is 0 Å². The number of quaternary nitrogens is 1. The maximum absolute atomic E-state index is 12.2. The molecule has 0 saturated heterocycles. The number of likely N-dealkylation sites (N-methyl/N-ethyl adjacent to an activating group) is 1. The van der Waals surface area contributed by atoms with Gasteiger partial charge in [0.15, 0.2) is 6.10 Å². The van der Waals surface area contributed by atoms with Crippen molar-refractivity contribution in [2.24, 2.45) is 0 Å². The quantitative estimate of drug-likeness (QED) is 0.616. The second-order valence-corrected chi connectivity index (χ2v) is 5.42. The third kappa shape index (κ3) is 4.22. The molecule has 0 radical (unpaired) electrons. The van der Waals surface area contributed by atoms with Crippen LogP contribution in [0.3, 0.4) is 0 Å². The summed E-state index contributed by atoms with van der Waals surface area (Å²) in [6.07, 6.45) is -1.05. The van der Waals surface area contributed by atoms with Gasteiger partial charge in [-0.15, -0.1) is 0 Å². The average Bonchev–Trinajstić information content (AvgIpc) is 2.35. The van der Waals surface area contributed by atoms with Crippen molar-refractivity contribution in [2.75, 3.05) is 41.9 Å². The first kappa shape index (κ1) is 15.5. The number of aliphatic hydroxyl groups is 1. The number of methoxy groups -OCH3 is 2. The highest BCUT2D eigenvalue weighted by Crippen LogP contribution is 2.25. The normalized spacial score (nSPS) is 12.9. The second kappa shape index (κ2) is 6.04. The number of carbonyl (C=O) groups is 1. The first-order valence-corrected chi connectivity index (χ1v) is 6.03. The maximum atomic E-state index is 12.2. The summed E-state index contributed by atoms with van der Waals surface area (Å²) >= 11 is 0. The zero-order valence-corrected chi connectivity index (χ0v) is 12.1. The zero-order valence-electron chi connectivity index (χ0n) is 12.1. The molecule has 0 aliphatic heterocycles. The lowest BCUT2D eigenvalue weighted by Gasteiger charge is -2.26. The molecule has 1 atom stereocenters. The molecule has 0 bridgehead atoms. The van der Waals surface area contributed by atoms with Crippen LogP contribution >= 0.6 is 0 Å². The monoisotopic (exact) mass is 268 g/mol. The molecule has 19 heavy (non-hydrogen) atoms. The molecule has 1 rings (SSSR count). The first-order valence-electron chi connectivity index (χ1n) is 6.03. The lowest BCUT2D eigenvalue weighted by Crippen LogP contribution is -2.44. The van der Waals surface area contributed by atoms with Gasteiger partial charge in [-0.05, 0) is 12.1 Å². The van der Waals surface area contributed by atoms with Crippen molar-refractivity contribution >= 4 is 5.78 Å². The summed E-state index contributed by atoms with van der Waals surface area (Å²) in [5.41, 5.74) is 0.365. The van der Waals surface area contributed by atoms with Crippen molar-refractivity contribution in [3.63, 3.8) is 0 Å². The van der Waals surface area contributed by atoms with Gasteiger partial charge in [-0.3, -0.25) is 4.79 Å². The molecule has 106 valence electrons. The molecule has 0 amide bonds. The standard InChI is InChI=1S/C14H22NO4/c1-15(2,3)9-12(16)14(17)11-7-6-10(18-4)8-13(11)19-5/h6-8,12,16H,9H2,1-5H3/q+1. The second-order valence-electron chi connectivity index (χ2n) is 5.42. The molecule has 0 saturated carbocycles. The largest absolute Gasteiger partial charge is 0.497 e. The van der Waals surface area contributed by atoms with Gasteiger partial charge in [0.2, 0.25) is 5.78 Å². The molecule has 0 heterocycles. The van der Waals surface area contributed by atoms with Gasteiger partial charge in [0, 0.05) is 6.07 Å². The molecule has 0 aliphatic carbocycles. The smallest absolute Gasteiger partial charge is 0.200 e. The number of ether oxygens (including phenoxy) is 2. The number of rotatable bonds is 6. The number of carbonyl (C=O) groups excluding carboxylic acids is 1. The number of hydrogen-bond donors (Lipinski definition) is 1. The molecule has 5 heteroatoms. The minimum atomic E-state index is -1.05. The molecule has 1 unspecified atom stereocenters. The predicted molar refractivity (Wildman–Crippen MR) is 72.8 cm³/mol. The molecular weight excluding hydrogens is 246 g/mol. The van der Waals surface area contributed by atoms with E-state index >= 15 is 0 Å². The Morgan fingerprint density at radius 2 is 1.89 bits per heavy atom. The number of Topliss-reactive ketones (excluding diaryl/α,β-unsaturated/α-hetero) is 1. The van der Waals surface area contributed by atoms with Crippen LogP contribution in [-0.2, 0) is 0 Å². The van der Waals surface area contributed by atoms with E-state index in [-0.39, 0.29) is 5.78 Å². The number of benzene rings is 1. The van der Waals surface area contributed by atoms with Crippen molar-refractivity contribution in [3.05, 3.63) is 23.8 Å². The molecule has 0 aromatic heterocycles. The number of nitrogens with zero attached hydrogens (tertiary/aromatic N) is 1. The summed E-state index contributed by atoms with van der Waals surface area (Å²) in [6.45, 7) is 0.341. The van der Waals surface area contributed by atoms with Crippen LogP contribution in [0.15, 0.2) is 18.2 Å². The Kier molecular flexibility index (Phi) is 4.91. The molecule has 1 aromatic rings. The van der Waals surface area contributed by atoms with Crippen molar-refractivity contribution in [1.29, 1.82) is 0 Å². The third-order valence-electron chi connectivity index (χ3n) is 2.70. The van der Waals surface area contributed by atoms with Gasteiger partial charge < -0.3 is 19.1 Å². The third-order valence-corrected chi connectivity index (χ3v) is 2.70. The van der Waals surface area contributed by atoms with Crippen LogP contribution in [0.5, 0.6) is 11.5 Å². The first-order chi connectivity index (χ1) is 8.78. The van der Waals surface area contributed by atoms with E-state index in [9.17, 15) is 9.90 Å². The highest BCUT2D eigenvalue weighted by atomic mass is 16.5. The highest BCUT2D eigenvalue weighted by molar-refractivity contribution is 6.01. The van der Waals surface area contributed by atoms with Crippen molar-refractivity contribution in [3.8, 4) is 11.5 Å². The summed E-state index contributed by atoms with van der Waals surface area (Å²) in [5.74, 6) is 0.673. The van der Waals surface area contributed by atoms with Gasteiger partial charge in [-0.1, -0.05) is 0 Å². The maximum Gasteiger partial charge on any atom is 0.200 e. The van der Waals surface area contributed by atoms with Gasteiger partial charge in [0.05, 0.1) is 40.9 Å². The number of ketones is 1. The summed E-state index contributed by atoms with van der Waals surface area (Å²) in [6, 6.07) is 4.92. The lowest BCUT2D eigenvalue weighted by atomic mass is 10.0. The molecule has 1 aromatic carbocycles. The van der Waals surface area contributed by atoms with E-state index in [1.807, 2.05) is 21.1 Å². The van der Waals surface area contributed by atoms with Crippen molar-refractivity contribution in [1.82, 2.24) is 0 Å².